The van der Waals surface area contributed by atoms with E-state index >= 15 is 0 Å². The zero-order chi connectivity index (χ0) is 14.1. The molecule has 3 aromatic heterocycles. The van der Waals surface area contributed by atoms with Crippen molar-refractivity contribution in [3.63, 3.8) is 0 Å². The number of nitriles is 1. The first-order valence-electron chi connectivity index (χ1n) is 5.67. The molecule has 98 valence electrons. The summed E-state index contributed by atoms with van der Waals surface area (Å²) in [6.07, 6.45) is 3.20. The van der Waals surface area contributed by atoms with Gasteiger partial charge in [0.2, 0.25) is 0 Å². The molecule has 0 unspecified atom stereocenters. The minimum Gasteiger partial charge on any atom is -0.296 e. The van der Waals surface area contributed by atoms with Crippen LogP contribution in [0.2, 0.25) is 0 Å². The van der Waals surface area contributed by atoms with Gasteiger partial charge < -0.3 is 0 Å². The van der Waals surface area contributed by atoms with E-state index in [4.69, 9.17) is 5.26 Å². The molecule has 0 aliphatic rings. The molecular formula is C13H7F2N5. The van der Waals surface area contributed by atoms with Gasteiger partial charge in [0, 0.05) is 18.6 Å². The summed E-state index contributed by atoms with van der Waals surface area (Å²) >= 11 is 0. The van der Waals surface area contributed by atoms with Crippen LogP contribution in [0.3, 0.4) is 0 Å². The van der Waals surface area contributed by atoms with E-state index in [0.29, 0.717) is 17.1 Å². The molecule has 0 N–H and O–H groups in total. The van der Waals surface area contributed by atoms with Gasteiger partial charge in [-0.1, -0.05) is 0 Å². The topological polar surface area (TPSA) is 66.9 Å². The molecule has 3 heterocycles. The SMILES string of the molecule is N#Cc1cnc(-c2cnc3c(C(F)F)cccn23)nc1. The predicted octanol–water partition coefficient (Wildman–Crippen LogP) is 2.60. The molecule has 0 aliphatic heterocycles. The molecule has 0 amide bonds. The highest BCUT2D eigenvalue weighted by molar-refractivity contribution is 5.60. The van der Waals surface area contributed by atoms with Crippen molar-refractivity contribution in [3.8, 4) is 17.6 Å². The average molecular weight is 271 g/mol. The smallest absolute Gasteiger partial charge is 0.267 e. The van der Waals surface area contributed by atoms with Crippen LogP contribution in [0.5, 0.6) is 0 Å². The number of fused-ring (bicyclic) bond motifs is 1. The van der Waals surface area contributed by atoms with Crippen molar-refractivity contribution in [1.29, 1.82) is 5.26 Å². The highest BCUT2D eigenvalue weighted by Crippen LogP contribution is 2.25. The number of alkyl halides is 2. The lowest BCUT2D eigenvalue weighted by Gasteiger charge is -2.04. The highest BCUT2D eigenvalue weighted by Gasteiger charge is 2.16. The molecule has 0 saturated heterocycles. The van der Waals surface area contributed by atoms with Crippen LogP contribution in [-0.4, -0.2) is 19.4 Å². The Bertz CT molecular complexity index is 802. The highest BCUT2D eigenvalue weighted by atomic mass is 19.3. The molecule has 0 spiro atoms. The van der Waals surface area contributed by atoms with Crippen LogP contribution < -0.4 is 0 Å². The summed E-state index contributed by atoms with van der Waals surface area (Å²) in [7, 11) is 0. The third-order valence-electron chi connectivity index (χ3n) is 2.81. The monoisotopic (exact) mass is 271 g/mol. The summed E-state index contributed by atoms with van der Waals surface area (Å²) in [5.74, 6) is 0.322. The van der Waals surface area contributed by atoms with E-state index < -0.39 is 6.43 Å². The number of hydrogen-bond donors (Lipinski definition) is 0. The third-order valence-corrected chi connectivity index (χ3v) is 2.81. The molecule has 0 saturated carbocycles. The quantitative estimate of drug-likeness (QED) is 0.718. The van der Waals surface area contributed by atoms with Crippen molar-refractivity contribution >= 4 is 5.65 Å². The molecule has 0 aromatic carbocycles. The maximum absolute atomic E-state index is 12.9. The molecule has 0 fully saturated rings. The van der Waals surface area contributed by atoms with Crippen molar-refractivity contribution in [2.45, 2.75) is 6.43 Å². The average Bonchev–Trinajstić information content (AvgIpc) is 2.91. The number of pyridine rings is 1. The van der Waals surface area contributed by atoms with E-state index in [-0.39, 0.29) is 11.2 Å². The summed E-state index contributed by atoms with van der Waals surface area (Å²) in [6, 6.07) is 4.76. The second-order valence-corrected chi connectivity index (χ2v) is 4.01. The molecule has 0 bridgehead atoms. The van der Waals surface area contributed by atoms with Crippen LogP contribution in [0.25, 0.3) is 17.2 Å². The molecule has 7 heteroatoms. The lowest BCUT2D eigenvalue weighted by molar-refractivity contribution is 0.152. The maximum Gasteiger partial charge on any atom is 0.267 e. The molecule has 3 rings (SSSR count). The molecule has 5 nitrogen and oxygen atoms in total. The number of rotatable bonds is 2. The Morgan fingerprint density at radius 1 is 1.15 bits per heavy atom. The second kappa shape index (κ2) is 4.66. The normalized spacial score (nSPS) is 10.9. The Kier molecular flexibility index (Phi) is 2.84. The largest absolute Gasteiger partial charge is 0.296 e. The van der Waals surface area contributed by atoms with Gasteiger partial charge in [0.25, 0.3) is 6.43 Å². The van der Waals surface area contributed by atoms with Gasteiger partial charge in [0.1, 0.15) is 17.4 Å². The lowest BCUT2D eigenvalue weighted by atomic mass is 10.3. The van der Waals surface area contributed by atoms with E-state index in [0.717, 1.165) is 0 Å². The van der Waals surface area contributed by atoms with E-state index in [9.17, 15) is 8.78 Å². The van der Waals surface area contributed by atoms with Crippen LogP contribution in [0.1, 0.15) is 17.6 Å². The van der Waals surface area contributed by atoms with E-state index in [1.165, 1.54) is 35.1 Å². The molecule has 0 radical (unpaired) electrons. The van der Waals surface area contributed by atoms with Crippen LogP contribution in [0.4, 0.5) is 8.78 Å². The third kappa shape index (κ3) is 1.87. The molecule has 0 aliphatic carbocycles. The first-order valence-corrected chi connectivity index (χ1v) is 5.67. The minimum absolute atomic E-state index is 0.146. The summed E-state index contributed by atoms with van der Waals surface area (Å²) in [4.78, 5) is 12.1. The van der Waals surface area contributed by atoms with Gasteiger partial charge in [-0.2, -0.15) is 5.26 Å². The van der Waals surface area contributed by atoms with Gasteiger partial charge in [-0.3, -0.25) is 4.40 Å². The first kappa shape index (κ1) is 12.2. The number of nitrogens with zero attached hydrogens (tertiary/aromatic N) is 5. The van der Waals surface area contributed by atoms with Gasteiger partial charge in [-0.25, -0.2) is 23.7 Å². The Balaban J connectivity index is 2.17. The fourth-order valence-corrected chi connectivity index (χ4v) is 1.89. The van der Waals surface area contributed by atoms with Gasteiger partial charge in [0.05, 0.1) is 17.3 Å². The van der Waals surface area contributed by atoms with E-state index in [1.807, 2.05) is 6.07 Å². The van der Waals surface area contributed by atoms with Crippen molar-refractivity contribution in [1.82, 2.24) is 19.4 Å². The summed E-state index contributed by atoms with van der Waals surface area (Å²) < 4.78 is 27.3. The maximum atomic E-state index is 12.9. The number of imidazole rings is 1. The zero-order valence-corrected chi connectivity index (χ0v) is 10.0. The molecule has 0 atom stereocenters. The fraction of sp³-hybridized carbons (Fsp3) is 0.0769. The van der Waals surface area contributed by atoms with Crippen molar-refractivity contribution in [3.05, 3.63) is 48.0 Å². The molecular weight excluding hydrogens is 264 g/mol. The Labute approximate surface area is 112 Å². The van der Waals surface area contributed by atoms with Gasteiger partial charge in [0.15, 0.2) is 5.82 Å². The summed E-state index contributed by atoms with van der Waals surface area (Å²) in [5, 5.41) is 8.70. The second-order valence-electron chi connectivity index (χ2n) is 4.01. The van der Waals surface area contributed by atoms with Crippen LogP contribution in [-0.2, 0) is 0 Å². The van der Waals surface area contributed by atoms with Crippen LogP contribution in [0.15, 0.2) is 36.9 Å². The first-order chi connectivity index (χ1) is 9.70. The standard InChI is InChI=1S/C13H7F2N5/c14-11(15)9-2-1-3-20-10(7-19-13(9)20)12-17-5-8(4-16)6-18-12/h1-3,5-7,11H. The van der Waals surface area contributed by atoms with Crippen LogP contribution in [0, 0.1) is 11.3 Å². The van der Waals surface area contributed by atoms with Crippen molar-refractivity contribution in [2.75, 3.05) is 0 Å². The number of hydrogen-bond acceptors (Lipinski definition) is 4. The molecule has 3 aromatic rings. The number of aromatic nitrogens is 4. The Hall–Kier alpha value is -2.88. The molecule has 20 heavy (non-hydrogen) atoms. The van der Waals surface area contributed by atoms with Crippen LogP contribution >= 0.6 is 0 Å². The lowest BCUT2D eigenvalue weighted by Crippen LogP contribution is -1.96. The Morgan fingerprint density at radius 3 is 2.55 bits per heavy atom. The predicted molar refractivity (Wildman–Crippen MR) is 65.9 cm³/mol. The minimum atomic E-state index is -2.60. The van der Waals surface area contributed by atoms with Gasteiger partial charge >= 0.3 is 0 Å². The van der Waals surface area contributed by atoms with Gasteiger partial charge in [-0.15, -0.1) is 0 Å². The Morgan fingerprint density at radius 2 is 1.90 bits per heavy atom. The zero-order valence-electron chi connectivity index (χ0n) is 10.0. The summed E-state index contributed by atoms with van der Waals surface area (Å²) in [6.45, 7) is 0. The number of halogens is 2. The van der Waals surface area contributed by atoms with E-state index in [1.54, 1.807) is 6.20 Å². The fourth-order valence-electron chi connectivity index (χ4n) is 1.89. The van der Waals surface area contributed by atoms with Crippen molar-refractivity contribution < 1.29 is 8.78 Å². The van der Waals surface area contributed by atoms with E-state index in [2.05, 4.69) is 15.0 Å². The van der Waals surface area contributed by atoms with Crippen molar-refractivity contribution in [2.24, 2.45) is 0 Å². The summed E-state index contributed by atoms with van der Waals surface area (Å²) in [5.41, 5.74) is 0.848. The van der Waals surface area contributed by atoms with Gasteiger partial charge in [-0.05, 0) is 12.1 Å².